The van der Waals surface area contributed by atoms with E-state index in [1.165, 1.54) is 11.1 Å². The summed E-state index contributed by atoms with van der Waals surface area (Å²) in [5.74, 6) is 0.428. The number of nitrogens with one attached hydrogen (secondary N) is 2. The number of urea groups is 1. The summed E-state index contributed by atoms with van der Waals surface area (Å²) in [7, 11) is 0. The lowest BCUT2D eigenvalue weighted by Gasteiger charge is -2.07. The fourth-order valence-corrected chi connectivity index (χ4v) is 1.30. The molecule has 0 aromatic heterocycles. The van der Waals surface area contributed by atoms with Gasteiger partial charge in [-0.25, -0.2) is 4.79 Å². The number of aryl methyl sites for hydroxylation is 2. The first-order valence-corrected chi connectivity index (χ1v) is 5.80. The van der Waals surface area contributed by atoms with E-state index in [1.807, 2.05) is 38.1 Å². The van der Waals surface area contributed by atoms with Gasteiger partial charge in [0.2, 0.25) is 0 Å². The van der Waals surface area contributed by atoms with E-state index >= 15 is 0 Å². The summed E-state index contributed by atoms with van der Waals surface area (Å²) < 4.78 is 0. The van der Waals surface area contributed by atoms with Crippen LogP contribution in [0, 0.1) is 19.8 Å². The van der Waals surface area contributed by atoms with Gasteiger partial charge in [0.25, 0.3) is 0 Å². The van der Waals surface area contributed by atoms with Crippen LogP contribution in [0.4, 0.5) is 10.5 Å². The van der Waals surface area contributed by atoms with Gasteiger partial charge >= 0.3 is 6.03 Å². The topological polar surface area (TPSA) is 41.1 Å². The van der Waals surface area contributed by atoms with Crippen LogP contribution in [0.5, 0.6) is 0 Å². The molecule has 0 aliphatic heterocycles. The van der Waals surface area contributed by atoms with E-state index in [0.717, 1.165) is 5.69 Å². The summed E-state index contributed by atoms with van der Waals surface area (Å²) in [5.41, 5.74) is 3.19. The highest BCUT2D eigenvalue weighted by molar-refractivity contribution is 5.89. The highest BCUT2D eigenvalue weighted by atomic mass is 16.2. The molecule has 2 N–H and O–H groups in total. The van der Waals surface area contributed by atoms with Crippen LogP contribution in [0.3, 0.4) is 0 Å². The maximum atomic E-state index is 11.5. The molecular weight excluding hydrogens is 212 g/mol. The minimum atomic E-state index is -0.217. The first-order valence-electron chi connectivity index (χ1n) is 5.80. The van der Waals surface area contributed by atoms with Gasteiger partial charge in [-0.2, -0.15) is 0 Å². The lowest BCUT2D eigenvalue weighted by Crippen LogP contribution is -2.23. The third-order valence-corrected chi connectivity index (χ3v) is 2.46. The van der Waals surface area contributed by atoms with Crippen LogP contribution < -0.4 is 10.6 Å². The summed E-state index contributed by atoms with van der Waals surface area (Å²) in [5, 5.41) is 5.45. The second-order valence-corrected chi connectivity index (χ2v) is 4.50. The molecule has 0 saturated heterocycles. The minimum absolute atomic E-state index is 0.217. The molecule has 0 radical (unpaired) electrons. The number of carbonyl (C=O) groups excluding carboxylic acids is 1. The molecule has 2 amide bonds. The monoisotopic (exact) mass is 232 g/mol. The summed E-state index contributed by atoms with van der Waals surface area (Å²) in [6, 6.07) is 5.63. The Morgan fingerprint density at radius 1 is 1.24 bits per heavy atom. The number of amides is 2. The Bertz CT molecular complexity index is 422. The number of rotatable bonds is 3. The fourth-order valence-electron chi connectivity index (χ4n) is 1.30. The molecule has 0 heterocycles. The molecule has 0 atom stereocenters. The predicted molar refractivity (Wildman–Crippen MR) is 72.0 cm³/mol. The van der Waals surface area contributed by atoms with Gasteiger partial charge in [0, 0.05) is 11.9 Å². The molecule has 0 aliphatic rings. The van der Waals surface area contributed by atoms with Gasteiger partial charge in [0.05, 0.1) is 0 Å². The molecule has 0 saturated carbocycles. The highest BCUT2D eigenvalue weighted by Gasteiger charge is 2.00. The molecule has 1 aromatic rings. The Labute approximate surface area is 103 Å². The minimum Gasteiger partial charge on any atom is -0.315 e. The summed E-state index contributed by atoms with van der Waals surface area (Å²) in [6.45, 7) is 8.18. The second kappa shape index (κ2) is 6.09. The quantitative estimate of drug-likeness (QED) is 0.821. The largest absolute Gasteiger partial charge is 0.323 e. The SMILES string of the molecule is Cc1ccc(NC(=O)N/C=C/C(C)C)cc1C. The molecule has 1 aromatic carbocycles. The van der Waals surface area contributed by atoms with E-state index in [1.54, 1.807) is 6.20 Å². The summed E-state index contributed by atoms with van der Waals surface area (Å²) >= 11 is 0. The molecule has 0 spiro atoms. The van der Waals surface area contributed by atoms with E-state index in [2.05, 4.69) is 24.5 Å². The van der Waals surface area contributed by atoms with Crippen molar-refractivity contribution >= 4 is 11.7 Å². The lowest BCUT2D eigenvalue weighted by molar-refractivity contribution is 0.255. The van der Waals surface area contributed by atoms with Crippen molar-refractivity contribution in [1.29, 1.82) is 0 Å². The first-order chi connectivity index (χ1) is 7.99. The van der Waals surface area contributed by atoms with Crippen LogP contribution in [0.25, 0.3) is 0 Å². The average Bonchev–Trinajstić information content (AvgIpc) is 2.23. The number of allylic oxidation sites excluding steroid dienone is 1. The number of hydrogen-bond donors (Lipinski definition) is 2. The second-order valence-electron chi connectivity index (χ2n) is 4.50. The highest BCUT2D eigenvalue weighted by Crippen LogP contribution is 2.13. The van der Waals surface area contributed by atoms with Gasteiger partial charge < -0.3 is 10.6 Å². The number of anilines is 1. The smallest absolute Gasteiger partial charge is 0.315 e. The third kappa shape index (κ3) is 4.72. The average molecular weight is 232 g/mol. The zero-order valence-electron chi connectivity index (χ0n) is 10.9. The van der Waals surface area contributed by atoms with Crippen molar-refractivity contribution in [2.24, 2.45) is 5.92 Å². The van der Waals surface area contributed by atoms with E-state index in [4.69, 9.17) is 0 Å². The number of hydrogen-bond acceptors (Lipinski definition) is 1. The van der Waals surface area contributed by atoms with Crippen molar-refractivity contribution in [2.75, 3.05) is 5.32 Å². The predicted octanol–water partition coefficient (Wildman–Crippen LogP) is 3.59. The van der Waals surface area contributed by atoms with Gasteiger partial charge in [0.1, 0.15) is 0 Å². The third-order valence-electron chi connectivity index (χ3n) is 2.46. The molecule has 0 aliphatic carbocycles. The zero-order valence-corrected chi connectivity index (χ0v) is 10.9. The molecule has 3 heteroatoms. The van der Waals surface area contributed by atoms with Crippen LogP contribution >= 0.6 is 0 Å². The van der Waals surface area contributed by atoms with E-state index in [-0.39, 0.29) is 6.03 Å². The van der Waals surface area contributed by atoms with Crippen LogP contribution in [0.1, 0.15) is 25.0 Å². The standard InChI is InChI=1S/C14H20N2O/c1-10(2)7-8-15-14(17)16-13-6-5-11(3)12(4)9-13/h5-10H,1-4H3,(H2,15,16,17)/b8-7+. The van der Waals surface area contributed by atoms with Gasteiger partial charge in [0.15, 0.2) is 0 Å². The Morgan fingerprint density at radius 2 is 1.94 bits per heavy atom. The van der Waals surface area contributed by atoms with Gasteiger partial charge in [-0.15, -0.1) is 0 Å². The molecule has 17 heavy (non-hydrogen) atoms. The molecule has 3 nitrogen and oxygen atoms in total. The Hall–Kier alpha value is -1.77. The zero-order chi connectivity index (χ0) is 12.8. The van der Waals surface area contributed by atoms with Crippen molar-refractivity contribution in [3.63, 3.8) is 0 Å². The molecular formula is C14H20N2O. The van der Waals surface area contributed by atoms with Crippen molar-refractivity contribution in [1.82, 2.24) is 5.32 Å². The van der Waals surface area contributed by atoms with Crippen molar-refractivity contribution in [3.05, 3.63) is 41.6 Å². The molecule has 1 rings (SSSR count). The first kappa shape index (κ1) is 13.3. The number of carbonyl (C=O) groups is 1. The van der Waals surface area contributed by atoms with Crippen LogP contribution in [-0.2, 0) is 0 Å². The Morgan fingerprint density at radius 3 is 2.53 bits per heavy atom. The van der Waals surface area contributed by atoms with Crippen LogP contribution in [-0.4, -0.2) is 6.03 Å². The Kier molecular flexibility index (Phi) is 4.76. The maximum Gasteiger partial charge on any atom is 0.323 e. The van der Waals surface area contributed by atoms with Gasteiger partial charge in [-0.3, -0.25) is 0 Å². The molecule has 0 unspecified atom stereocenters. The van der Waals surface area contributed by atoms with Crippen LogP contribution in [0.2, 0.25) is 0 Å². The number of benzene rings is 1. The van der Waals surface area contributed by atoms with Crippen molar-refractivity contribution in [3.8, 4) is 0 Å². The molecule has 92 valence electrons. The van der Waals surface area contributed by atoms with Crippen molar-refractivity contribution in [2.45, 2.75) is 27.7 Å². The van der Waals surface area contributed by atoms with Gasteiger partial charge in [-0.1, -0.05) is 26.0 Å². The maximum absolute atomic E-state index is 11.5. The van der Waals surface area contributed by atoms with Crippen molar-refractivity contribution < 1.29 is 4.79 Å². The van der Waals surface area contributed by atoms with Crippen LogP contribution in [0.15, 0.2) is 30.5 Å². The fraction of sp³-hybridized carbons (Fsp3) is 0.357. The molecule has 0 bridgehead atoms. The lowest BCUT2D eigenvalue weighted by atomic mass is 10.1. The van der Waals surface area contributed by atoms with E-state index in [0.29, 0.717) is 5.92 Å². The summed E-state index contributed by atoms with van der Waals surface area (Å²) in [4.78, 5) is 11.5. The Balaban J connectivity index is 2.53. The molecule has 0 fully saturated rings. The normalized spacial score (nSPS) is 10.9. The van der Waals surface area contributed by atoms with E-state index < -0.39 is 0 Å². The van der Waals surface area contributed by atoms with E-state index in [9.17, 15) is 4.79 Å². The summed E-state index contributed by atoms with van der Waals surface area (Å²) in [6.07, 6.45) is 3.60. The van der Waals surface area contributed by atoms with Gasteiger partial charge in [-0.05, 0) is 43.0 Å².